The number of nitrogens with zero attached hydrogens (tertiary/aromatic N) is 3. The second-order valence-corrected chi connectivity index (χ2v) is 8.94. The molecule has 6 nitrogen and oxygen atoms in total. The molecule has 2 aliphatic rings. The third-order valence-corrected chi connectivity index (χ3v) is 6.64. The molecule has 2 fully saturated rings. The number of hydrogen-bond acceptors (Lipinski definition) is 5. The van der Waals surface area contributed by atoms with E-state index < -0.39 is 0 Å². The van der Waals surface area contributed by atoms with E-state index in [2.05, 4.69) is 27.3 Å². The van der Waals surface area contributed by atoms with Crippen molar-refractivity contribution in [2.75, 3.05) is 13.1 Å². The van der Waals surface area contributed by atoms with Gasteiger partial charge >= 0.3 is 0 Å². The van der Waals surface area contributed by atoms with E-state index in [1.54, 1.807) is 12.1 Å². The van der Waals surface area contributed by atoms with Gasteiger partial charge in [0.2, 0.25) is 17.6 Å². The van der Waals surface area contributed by atoms with Gasteiger partial charge in [-0.15, -0.1) is 0 Å². The van der Waals surface area contributed by atoms with E-state index in [0.29, 0.717) is 17.8 Å². The molecule has 1 amide bonds. The molecule has 1 aliphatic carbocycles. The van der Waals surface area contributed by atoms with Crippen LogP contribution in [0.1, 0.15) is 64.2 Å². The molecule has 1 saturated carbocycles. The third-order valence-electron chi connectivity index (χ3n) is 6.64. The standard InChI is InChI=1S/C23H31FN4O2/c1-15-5-11-20(12-6-15)25-22(29)16(2)28-13-3-4-18(14-28)23-26-21(27-30-23)17-7-9-19(24)10-8-17/h7-10,15-16,18,20H,3-6,11-14H2,1-2H3,(H,25,29). The average Bonchev–Trinajstić information content (AvgIpc) is 3.26. The average molecular weight is 415 g/mol. The molecule has 4 rings (SSSR count). The number of carbonyl (C=O) groups excluding carboxylic acids is 1. The van der Waals surface area contributed by atoms with Gasteiger partial charge < -0.3 is 9.84 Å². The van der Waals surface area contributed by atoms with Gasteiger partial charge in [-0.2, -0.15) is 4.98 Å². The highest BCUT2D eigenvalue weighted by atomic mass is 19.1. The zero-order valence-corrected chi connectivity index (χ0v) is 17.8. The van der Waals surface area contributed by atoms with Gasteiger partial charge in [0.1, 0.15) is 5.82 Å². The first-order valence-electron chi connectivity index (χ1n) is 11.1. The van der Waals surface area contributed by atoms with E-state index in [4.69, 9.17) is 4.52 Å². The molecule has 2 atom stereocenters. The summed E-state index contributed by atoms with van der Waals surface area (Å²) in [6.07, 6.45) is 6.48. The zero-order chi connectivity index (χ0) is 21.1. The van der Waals surface area contributed by atoms with E-state index in [1.165, 1.54) is 25.0 Å². The van der Waals surface area contributed by atoms with Crippen molar-refractivity contribution in [2.45, 2.75) is 70.4 Å². The van der Waals surface area contributed by atoms with Crippen LogP contribution in [0.3, 0.4) is 0 Å². The molecule has 2 aromatic rings. The topological polar surface area (TPSA) is 71.3 Å². The Balaban J connectivity index is 1.36. The van der Waals surface area contributed by atoms with Crippen LogP contribution >= 0.6 is 0 Å². The molecular formula is C23H31FN4O2. The summed E-state index contributed by atoms with van der Waals surface area (Å²) in [5.41, 5.74) is 0.730. The van der Waals surface area contributed by atoms with Crippen molar-refractivity contribution in [1.29, 1.82) is 0 Å². The molecule has 0 radical (unpaired) electrons. The molecule has 1 N–H and O–H groups in total. The number of amides is 1. The highest BCUT2D eigenvalue weighted by Crippen LogP contribution is 2.29. The Morgan fingerprint density at radius 2 is 1.93 bits per heavy atom. The molecular weight excluding hydrogens is 383 g/mol. The Hall–Kier alpha value is -2.28. The highest BCUT2D eigenvalue weighted by Gasteiger charge is 2.32. The highest BCUT2D eigenvalue weighted by molar-refractivity contribution is 5.81. The smallest absolute Gasteiger partial charge is 0.237 e. The van der Waals surface area contributed by atoms with Crippen LogP contribution in [0.2, 0.25) is 0 Å². The summed E-state index contributed by atoms with van der Waals surface area (Å²) in [5.74, 6) is 1.76. The van der Waals surface area contributed by atoms with E-state index in [-0.39, 0.29) is 23.7 Å². The second-order valence-electron chi connectivity index (χ2n) is 8.94. The summed E-state index contributed by atoms with van der Waals surface area (Å²) < 4.78 is 18.7. The fraction of sp³-hybridized carbons (Fsp3) is 0.609. The number of likely N-dealkylation sites (tertiary alicyclic amines) is 1. The molecule has 0 spiro atoms. The first kappa shape index (κ1) is 21.0. The molecule has 2 unspecified atom stereocenters. The Labute approximate surface area is 177 Å². The van der Waals surface area contributed by atoms with Crippen molar-refractivity contribution >= 4 is 5.91 Å². The minimum absolute atomic E-state index is 0.103. The van der Waals surface area contributed by atoms with Gasteiger partial charge in [-0.1, -0.05) is 12.1 Å². The van der Waals surface area contributed by atoms with E-state index in [0.717, 1.165) is 50.3 Å². The molecule has 162 valence electrons. The maximum absolute atomic E-state index is 13.1. The second kappa shape index (κ2) is 9.25. The Kier molecular flexibility index (Phi) is 6.46. The van der Waals surface area contributed by atoms with Crippen molar-refractivity contribution in [1.82, 2.24) is 20.4 Å². The van der Waals surface area contributed by atoms with Crippen LogP contribution in [0.15, 0.2) is 28.8 Å². The molecule has 2 heterocycles. The molecule has 1 aromatic carbocycles. The molecule has 1 saturated heterocycles. The molecule has 7 heteroatoms. The van der Waals surface area contributed by atoms with Gasteiger partial charge in [0, 0.05) is 18.2 Å². The molecule has 30 heavy (non-hydrogen) atoms. The lowest BCUT2D eigenvalue weighted by atomic mass is 9.87. The summed E-state index contributed by atoms with van der Waals surface area (Å²) in [6.45, 7) is 5.89. The third kappa shape index (κ3) is 4.89. The maximum Gasteiger partial charge on any atom is 0.237 e. The van der Waals surface area contributed by atoms with Gasteiger partial charge in [-0.25, -0.2) is 4.39 Å². The van der Waals surface area contributed by atoms with Crippen molar-refractivity contribution in [2.24, 2.45) is 5.92 Å². The molecule has 1 aliphatic heterocycles. The number of halogens is 1. The van der Waals surface area contributed by atoms with Gasteiger partial charge in [0.25, 0.3) is 0 Å². The summed E-state index contributed by atoms with van der Waals surface area (Å²) in [7, 11) is 0. The van der Waals surface area contributed by atoms with Crippen LogP contribution < -0.4 is 5.32 Å². The number of hydrogen-bond donors (Lipinski definition) is 1. The van der Waals surface area contributed by atoms with Crippen LogP contribution in [-0.2, 0) is 4.79 Å². The zero-order valence-electron chi connectivity index (χ0n) is 17.8. The number of nitrogens with one attached hydrogen (secondary N) is 1. The van der Waals surface area contributed by atoms with Crippen LogP contribution in [0.25, 0.3) is 11.4 Å². The predicted molar refractivity (Wildman–Crippen MR) is 112 cm³/mol. The lowest BCUT2D eigenvalue weighted by Crippen LogP contribution is -2.51. The van der Waals surface area contributed by atoms with Crippen LogP contribution in [0.4, 0.5) is 4.39 Å². The number of benzene rings is 1. The van der Waals surface area contributed by atoms with Crippen molar-refractivity contribution < 1.29 is 13.7 Å². The summed E-state index contributed by atoms with van der Waals surface area (Å²) in [4.78, 5) is 19.6. The number of rotatable bonds is 5. The first-order valence-corrected chi connectivity index (χ1v) is 11.1. The Morgan fingerprint density at radius 1 is 1.20 bits per heavy atom. The van der Waals surface area contributed by atoms with Crippen LogP contribution in [-0.4, -0.2) is 46.1 Å². The van der Waals surface area contributed by atoms with Crippen LogP contribution in [0, 0.1) is 11.7 Å². The van der Waals surface area contributed by atoms with Crippen molar-refractivity contribution in [3.63, 3.8) is 0 Å². The van der Waals surface area contributed by atoms with E-state index >= 15 is 0 Å². The van der Waals surface area contributed by atoms with Gasteiger partial charge in [-0.05, 0) is 82.2 Å². The SMILES string of the molecule is CC1CCC(NC(=O)C(C)N2CCCC(c3nc(-c4ccc(F)cc4)no3)C2)CC1. The molecule has 0 bridgehead atoms. The van der Waals surface area contributed by atoms with E-state index in [1.807, 2.05) is 6.92 Å². The fourth-order valence-corrected chi connectivity index (χ4v) is 4.57. The minimum Gasteiger partial charge on any atom is -0.352 e. The van der Waals surface area contributed by atoms with Gasteiger partial charge in [0.05, 0.1) is 12.0 Å². The lowest BCUT2D eigenvalue weighted by molar-refractivity contribution is -0.127. The normalized spacial score (nSPS) is 26.3. The number of piperidine rings is 1. The first-order chi connectivity index (χ1) is 14.5. The summed E-state index contributed by atoms with van der Waals surface area (Å²) in [6, 6.07) is 6.21. The quantitative estimate of drug-likeness (QED) is 0.796. The van der Waals surface area contributed by atoms with Crippen molar-refractivity contribution in [3.8, 4) is 11.4 Å². The molecule has 1 aromatic heterocycles. The summed E-state index contributed by atoms with van der Waals surface area (Å²) >= 11 is 0. The predicted octanol–water partition coefficient (Wildman–Crippen LogP) is 4.14. The number of carbonyl (C=O) groups is 1. The Morgan fingerprint density at radius 3 is 2.67 bits per heavy atom. The van der Waals surface area contributed by atoms with Crippen LogP contribution in [0.5, 0.6) is 0 Å². The monoisotopic (exact) mass is 414 g/mol. The summed E-state index contributed by atoms with van der Waals surface area (Å²) in [5, 5.41) is 7.33. The maximum atomic E-state index is 13.1. The fourth-order valence-electron chi connectivity index (χ4n) is 4.57. The Bertz CT molecular complexity index is 845. The number of aromatic nitrogens is 2. The van der Waals surface area contributed by atoms with E-state index in [9.17, 15) is 9.18 Å². The largest absolute Gasteiger partial charge is 0.352 e. The minimum atomic E-state index is -0.291. The van der Waals surface area contributed by atoms with Gasteiger partial charge in [-0.3, -0.25) is 9.69 Å². The van der Waals surface area contributed by atoms with Gasteiger partial charge in [0.15, 0.2) is 0 Å². The van der Waals surface area contributed by atoms with Crippen molar-refractivity contribution in [3.05, 3.63) is 36.0 Å². The lowest BCUT2D eigenvalue weighted by Gasteiger charge is -2.36.